The molecule has 0 unspecified atom stereocenters. The van der Waals surface area contributed by atoms with Crippen molar-refractivity contribution in [2.75, 3.05) is 7.11 Å². The molecule has 0 fully saturated rings. The Labute approximate surface area is 121 Å². The van der Waals surface area contributed by atoms with Crippen molar-refractivity contribution in [2.24, 2.45) is 0 Å². The van der Waals surface area contributed by atoms with E-state index < -0.39 is 11.7 Å². The van der Waals surface area contributed by atoms with Crippen LogP contribution in [-0.4, -0.2) is 12.1 Å². The first-order valence-corrected chi connectivity index (χ1v) is 6.54. The van der Waals surface area contributed by atoms with Gasteiger partial charge in [0.1, 0.15) is 5.75 Å². The van der Waals surface area contributed by atoms with Crippen molar-refractivity contribution >= 4 is 0 Å². The second-order valence-corrected chi connectivity index (χ2v) is 5.04. The van der Waals surface area contributed by atoms with E-state index in [0.29, 0.717) is 16.9 Å². The molecule has 0 bridgehead atoms. The van der Waals surface area contributed by atoms with E-state index in [2.05, 4.69) is 4.98 Å². The van der Waals surface area contributed by atoms with Crippen LogP contribution >= 0.6 is 0 Å². The number of ether oxygens (including phenoxy) is 1. The van der Waals surface area contributed by atoms with Gasteiger partial charge in [-0.05, 0) is 29.7 Å². The zero-order chi connectivity index (χ0) is 15.6. The SMILES string of the molecule is COc1cccc(-c2cnc(C(C)C)c(C(F)(F)F)c2)c1. The number of benzene rings is 1. The molecule has 2 rings (SSSR count). The van der Waals surface area contributed by atoms with Crippen molar-refractivity contribution in [1.29, 1.82) is 0 Å². The van der Waals surface area contributed by atoms with Gasteiger partial charge in [-0.3, -0.25) is 4.98 Å². The zero-order valence-corrected chi connectivity index (χ0v) is 12.0. The van der Waals surface area contributed by atoms with Gasteiger partial charge in [0.2, 0.25) is 0 Å². The van der Waals surface area contributed by atoms with E-state index in [-0.39, 0.29) is 11.6 Å². The van der Waals surface area contributed by atoms with Gasteiger partial charge in [0, 0.05) is 11.8 Å². The number of methoxy groups -OCH3 is 1. The largest absolute Gasteiger partial charge is 0.497 e. The van der Waals surface area contributed by atoms with Gasteiger partial charge in [-0.25, -0.2) is 0 Å². The molecule has 2 nitrogen and oxygen atoms in total. The van der Waals surface area contributed by atoms with Gasteiger partial charge in [-0.2, -0.15) is 13.2 Å². The predicted octanol–water partition coefficient (Wildman–Crippen LogP) is 4.90. The molecular formula is C16H16F3NO. The predicted molar refractivity (Wildman–Crippen MR) is 75.3 cm³/mol. The minimum absolute atomic E-state index is 0.0640. The lowest BCUT2D eigenvalue weighted by atomic mass is 9.99. The highest BCUT2D eigenvalue weighted by Crippen LogP contribution is 2.36. The fourth-order valence-corrected chi connectivity index (χ4v) is 2.12. The van der Waals surface area contributed by atoms with Crippen LogP contribution in [0.15, 0.2) is 36.5 Å². The third-order valence-corrected chi connectivity index (χ3v) is 3.17. The molecule has 2 aromatic rings. The Kier molecular flexibility index (Phi) is 4.21. The number of halogens is 3. The summed E-state index contributed by atoms with van der Waals surface area (Å²) < 4.78 is 44.6. The van der Waals surface area contributed by atoms with E-state index in [1.165, 1.54) is 13.3 Å². The van der Waals surface area contributed by atoms with Gasteiger partial charge in [-0.1, -0.05) is 26.0 Å². The van der Waals surface area contributed by atoms with E-state index >= 15 is 0 Å². The van der Waals surface area contributed by atoms with E-state index in [1.807, 2.05) is 0 Å². The maximum absolute atomic E-state index is 13.2. The molecule has 0 aliphatic carbocycles. The van der Waals surface area contributed by atoms with Crippen molar-refractivity contribution in [2.45, 2.75) is 25.9 Å². The first-order chi connectivity index (χ1) is 9.82. The molecule has 0 N–H and O–H groups in total. The maximum Gasteiger partial charge on any atom is 0.418 e. The summed E-state index contributed by atoms with van der Waals surface area (Å²) in [5.41, 5.74) is 0.445. The third kappa shape index (κ3) is 3.35. The highest BCUT2D eigenvalue weighted by molar-refractivity contribution is 5.65. The van der Waals surface area contributed by atoms with Crippen molar-refractivity contribution in [3.63, 3.8) is 0 Å². The number of pyridine rings is 1. The fraction of sp³-hybridized carbons (Fsp3) is 0.312. The van der Waals surface area contributed by atoms with Gasteiger partial charge in [0.15, 0.2) is 0 Å². The topological polar surface area (TPSA) is 22.1 Å². The highest BCUT2D eigenvalue weighted by Gasteiger charge is 2.35. The van der Waals surface area contributed by atoms with Crippen LogP contribution in [0.3, 0.4) is 0 Å². The Morgan fingerprint density at radius 3 is 2.38 bits per heavy atom. The Balaban J connectivity index is 2.56. The standard InChI is InChI=1S/C16H16F3NO/c1-10(2)15-14(16(17,18)19)8-12(9-20-15)11-5-4-6-13(7-11)21-3/h4-10H,1-3H3. The maximum atomic E-state index is 13.2. The zero-order valence-electron chi connectivity index (χ0n) is 12.0. The number of hydrogen-bond donors (Lipinski definition) is 0. The monoisotopic (exact) mass is 295 g/mol. The number of hydrogen-bond acceptors (Lipinski definition) is 2. The average molecular weight is 295 g/mol. The summed E-state index contributed by atoms with van der Waals surface area (Å²) in [6.07, 6.45) is -2.94. The lowest BCUT2D eigenvalue weighted by molar-refractivity contribution is -0.138. The van der Waals surface area contributed by atoms with Crippen molar-refractivity contribution < 1.29 is 17.9 Å². The van der Waals surface area contributed by atoms with Crippen LogP contribution in [0.25, 0.3) is 11.1 Å². The van der Waals surface area contributed by atoms with Crippen LogP contribution in [0.1, 0.15) is 31.0 Å². The lowest BCUT2D eigenvalue weighted by Gasteiger charge is -2.16. The Morgan fingerprint density at radius 2 is 1.81 bits per heavy atom. The van der Waals surface area contributed by atoms with E-state index in [0.717, 1.165) is 6.07 Å². The molecule has 21 heavy (non-hydrogen) atoms. The molecule has 0 saturated carbocycles. The summed E-state index contributed by atoms with van der Waals surface area (Å²) in [4.78, 5) is 4.02. The molecule has 0 aliphatic heterocycles. The molecule has 0 saturated heterocycles. The normalized spacial score (nSPS) is 11.8. The second kappa shape index (κ2) is 5.76. The summed E-state index contributed by atoms with van der Waals surface area (Å²) in [6.45, 7) is 3.39. The first-order valence-electron chi connectivity index (χ1n) is 6.54. The quantitative estimate of drug-likeness (QED) is 0.803. The van der Waals surface area contributed by atoms with Crippen molar-refractivity contribution in [3.8, 4) is 16.9 Å². The molecule has 0 aliphatic rings. The lowest BCUT2D eigenvalue weighted by Crippen LogP contribution is -2.12. The fourth-order valence-electron chi connectivity index (χ4n) is 2.12. The van der Waals surface area contributed by atoms with Crippen LogP contribution in [0.4, 0.5) is 13.2 Å². The number of nitrogens with zero attached hydrogens (tertiary/aromatic N) is 1. The van der Waals surface area contributed by atoms with Crippen molar-refractivity contribution in [1.82, 2.24) is 4.98 Å². The van der Waals surface area contributed by atoms with Gasteiger partial charge in [-0.15, -0.1) is 0 Å². The molecule has 5 heteroatoms. The summed E-state index contributed by atoms with van der Waals surface area (Å²) in [7, 11) is 1.51. The summed E-state index contributed by atoms with van der Waals surface area (Å²) in [5, 5.41) is 0. The van der Waals surface area contributed by atoms with E-state index in [4.69, 9.17) is 4.74 Å². The van der Waals surface area contributed by atoms with Gasteiger partial charge in [0.25, 0.3) is 0 Å². The average Bonchev–Trinajstić information content (AvgIpc) is 2.45. The molecule has 1 aromatic heterocycles. The highest BCUT2D eigenvalue weighted by atomic mass is 19.4. The van der Waals surface area contributed by atoms with Crippen LogP contribution < -0.4 is 4.74 Å². The van der Waals surface area contributed by atoms with E-state index in [9.17, 15) is 13.2 Å². The number of alkyl halides is 3. The molecule has 0 amide bonds. The Hall–Kier alpha value is -2.04. The van der Waals surface area contributed by atoms with Crippen LogP contribution in [0, 0.1) is 0 Å². The molecule has 0 radical (unpaired) electrons. The third-order valence-electron chi connectivity index (χ3n) is 3.17. The minimum Gasteiger partial charge on any atom is -0.497 e. The number of rotatable bonds is 3. The van der Waals surface area contributed by atoms with E-state index in [1.54, 1.807) is 38.1 Å². The minimum atomic E-state index is -4.42. The molecule has 1 heterocycles. The van der Waals surface area contributed by atoms with Crippen LogP contribution in [0.5, 0.6) is 5.75 Å². The number of aromatic nitrogens is 1. The summed E-state index contributed by atoms with van der Waals surface area (Å²) in [6, 6.07) is 8.04. The molecule has 0 atom stereocenters. The van der Waals surface area contributed by atoms with Gasteiger partial charge < -0.3 is 4.74 Å². The second-order valence-electron chi connectivity index (χ2n) is 5.04. The van der Waals surface area contributed by atoms with Gasteiger partial charge >= 0.3 is 6.18 Å². The molecule has 112 valence electrons. The van der Waals surface area contributed by atoms with Gasteiger partial charge in [0.05, 0.1) is 18.4 Å². The molecule has 1 aromatic carbocycles. The first kappa shape index (κ1) is 15.4. The molecule has 0 spiro atoms. The summed E-state index contributed by atoms with van der Waals surface area (Å²) >= 11 is 0. The smallest absolute Gasteiger partial charge is 0.418 e. The molecular weight excluding hydrogens is 279 g/mol. The Bertz CT molecular complexity index is 636. The summed E-state index contributed by atoms with van der Waals surface area (Å²) in [5.74, 6) is 0.301. The van der Waals surface area contributed by atoms with Crippen LogP contribution in [0.2, 0.25) is 0 Å². The van der Waals surface area contributed by atoms with Crippen molar-refractivity contribution in [3.05, 3.63) is 47.8 Å². The Morgan fingerprint density at radius 1 is 1.10 bits per heavy atom. The van der Waals surface area contributed by atoms with Crippen LogP contribution in [-0.2, 0) is 6.18 Å².